The molecular weight excluding hydrogens is 273 g/mol. The molecule has 0 bridgehead atoms. The molecule has 0 aromatic heterocycles. The van der Waals surface area contributed by atoms with Crippen molar-refractivity contribution in [2.45, 2.75) is 28.7 Å². The Morgan fingerprint density at radius 2 is 2.00 bits per heavy atom. The zero-order valence-corrected chi connectivity index (χ0v) is 9.70. The van der Waals surface area contributed by atoms with Crippen LogP contribution in [0.3, 0.4) is 0 Å². The normalized spacial score (nSPS) is 33.5. The molecule has 0 aliphatic heterocycles. The fourth-order valence-corrected chi connectivity index (χ4v) is 3.17. The van der Waals surface area contributed by atoms with Gasteiger partial charge in [-0.3, -0.25) is 0 Å². The van der Waals surface area contributed by atoms with Gasteiger partial charge in [0.2, 0.25) is 0 Å². The van der Waals surface area contributed by atoms with Crippen LogP contribution in [0.4, 0.5) is 0 Å². The van der Waals surface area contributed by atoms with Crippen molar-refractivity contribution >= 4 is 22.6 Å². The summed E-state index contributed by atoms with van der Waals surface area (Å²) in [4.78, 5) is 0. The van der Waals surface area contributed by atoms with Crippen molar-refractivity contribution in [3.63, 3.8) is 0 Å². The van der Waals surface area contributed by atoms with E-state index in [9.17, 15) is 0 Å². The minimum atomic E-state index is -0.0676. The predicted octanol–water partition coefficient (Wildman–Crippen LogP) is 2.83. The third kappa shape index (κ3) is 1.62. The van der Waals surface area contributed by atoms with Crippen molar-refractivity contribution < 1.29 is 0 Å². The first-order valence-electron chi connectivity index (χ1n) is 4.72. The zero-order valence-electron chi connectivity index (χ0n) is 7.54. The monoisotopic (exact) mass is 287 g/mol. The lowest BCUT2D eigenvalue weighted by Gasteiger charge is -2.28. The van der Waals surface area contributed by atoms with Crippen molar-refractivity contribution in [1.82, 2.24) is 0 Å². The first kappa shape index (κ1) is 9.46. The van der Waals surface area contributed by atoms with Crippen LogP contribution in [-0.4, -0.2) is 3.92 Å². The van der Waals surface area contributed by atoms with Gasteiger partial charge in [-0.1, -0.05) is 59.3 Å². The highest BCUT2D eigenvalue weighted by Crippen LogP contribution is 2.41. The predicted molar refractivity (Wildman–Crippen MR) is 64.0 cm³/mol. The Bertz CT molecular complexity index is 285. The average Bonchev–Trinajstić information content (AvgIpc) is 2.50. The summed E-state index contributed by atoms with van der Waals surface area (Å²) in [6.07, 6.45) is 3.65. The molecule has 70 valence electrons. The molecule has 2 heteroatoms. The Labute approximate surface area is 92.9 Å². The highest BCUT2D eigenvalue weighted by atomic mass is 127. The Hall–Kier alpha value is -0.0900. The van der Waals surface area contributed by atoms with Crippen molar-refractivity contribution in [3.8, 4) is 0 Å². The smallest absolute Gasteiger partial charge is 0.0528 e. The third-order valence-electron chi connectivity index (χ3n) is 2.92. The Kier molecular flexibility index (Phi) is 2.60. The van der Waals surface area contributed by atoms with Crippen LogP contribution >= 0.6 is 22.6 Å². The van der Waals surface area contributed by atoms with Crippen molar-refractivity contribution in [2.75, 3.05) is 0 Å². The molecule has 0 spiro atoms. The number of benzene rings is 1. The molecule has 2 N–H and O–H groups in total. The Morgan fingerprint density at radius 3 is 2.54 bits per heavy atom. The summed E-state index contributed by atoms with van der Waals surface area (Å²) < 4.78 is 0.590. The van der Waals surface area contributed by atoms with E-state index in [2.05, 4.69) is 46.9 Å². The van der Waals surface area contributed by atoms with Gasteiger partial charge in [0.15, 0.2) is 0 Å². The van der Waals surface area contributed by atoms with Gasteiger partial charge >= 0.3 is 0 Å². The maximum absolute atomic E-state index is 6.42. The second kappa shape index (κ2) is 3.58. The van der Waals surface area contributed by atoms with Gasteiger partial charge in [-0.15, -0.1) is 0 Å². The van der Waals surface area contributed by atoms with E-state index < -0.39 is 0 Å². The molecule has 2 atom stereocenters. The Morgan fingerprint density at radius 1 is 1.31 bits per heavy atom. The minimum Gasteiger partial charge on any atom is -0.321 e. The lowest BCUT2D eigenvalue weighted by molar-refractivity contribution is 0.483. The molecule has 13 heavy (non-hydrogen) atoms. The first-order valence-corrected chi connectivity index (χ1v) is 5.96. The number of hydrogen-bond acceptors (Lipinski definition) is 1. The lowest BCUT2D eigenvalue weighted by atomic mass is 9.89. The molecule has 1 aromatic rings. The zero-order chi connectivity index (χ0) is 9.31. The fourth-order valence-electron chi connectivity index (χ4n) is 2.06. The van der Waals surface area contributed by atoms with E-state index >= 15 is 0 Å². The van der Waals surface area contributed by atoms with Gasteiger partial charge in [-0.2, -0.15) is 0 Å². The van der Waals surface area contributed by atoms with Crippen LogP contribution in [0.2, 0.25) is 0 Å². The van der Waals surface area contributed by atoms with E-state index in [0.717, 1.165) is 6.42 Å². The van der Waals surface area contributed by atoms with Crippen LogP contribution in [0.5, 0.6) is 0 Å². The van der Waals surface area contributed by atoms with E-state index in [1.165, 1.54) is 18.4 Å². The number of rotatable bonds is 1. The molecule has 0 heterocycles. The lowest BCUT2D eigenvalue weighted by Crippen LogP contribution is -2.40. The number of nitrogens with two attached hydrogens (primary N) is 1. The molecule has 1 aromatic carbocycles. The van der Waals surface area contributed by atoms with Crippen molar-refractivity contribution in [3.05, 3.63) is 35.9 Å². The molecule has 1 aliphatic rings. The summed E-state index contributed by atoms with van der Waals surface area (Å²) in [5.41, 5.74) is 7.65. The molecule has 1 aliphatic carbocycles. The van der Waals surface area contributed by atoms with E-state index in [1.807, 2.05) is 6.07 Å². The van der Waals surface area contributed by atoms with Crippen molar-refractivity contribution in [2.24, 2.45) is 5.73 Å². The van der Waals surface area contributed by atoms with Crippen LogP contribution in [0.1, 0.15) is 24.8 Å². The van der Waals surface area contributed by atoms with Crippen LogP contribution in [0.15, 0.2) is 30.3 Å². The highest BCUT2D eigenvalue weighted by molar-refractivity contribution is 14.1. The summed E-state index contributed by atoms with van der Waals surface area (Å²) in [7, 11) is 0. The third-order valence-corrected chi connectivity index (χ3v) is 4.65. The van der Waals surface area contributed by atoms with Gasteiger partial charge in [0.1, 0.15) is 0 Å². The van der Waals surface area contributed by atoms with Gasteiger partial charge in [0.25, 0.3) is 0 Å². The van der Waals surface area contributed by atoms with Crippen LogP contribution in [-0.2, 0) is 5.54 Å². The second-order valence-electron chi connectivity index (χ2n) is 3.77. The van der Waals surface area contributed by atoms with Crippen LogP contribution in [0, 0.1) is 0 Å². The van der Waals surface area contributed by atoms with Gasteiger partial charge < -0.3 is 5.73 Å². The minimum absolute atomic E-state index is 0.0676. The fraction of sp³-hybridized carbons (Fsp3) is 0.455. The summed E-state index contributed by atoms with van der Waals surface area (Å²) >= 11 is 2.49. The second-order valence-corrected chi connectivity index (χ2v) is 5.27. The number of alkyl halides is 1. The van der Waals surface area contributed by atoms with Gasteiger partial charge in [0.05, 0.1) is 5.54 Å². The molecule has 0 radical (unpaired) electrons. The average molecular weight is 287 g/mol. The maximum atomic E-state index is 6.42. The van der Waals surface area contributed by atoms with Gasteiger partial charge in [0, 0.05) is 3.92 Å². The van der Waals surface area contributed by atoms with E-state index in [4.69, 9.17) is 5.73 Å². The standard InChI is InChI=1S/C11H14IN/c12-10-7-4-8-11(10,13)9-5-2-1-3-6-9/h1-3,5-6,10H,4,7-8,13H2. The molecule has 0 saturated heterocycles. The molecular formula is C11H14IN. The molecule has 1 nitrogen and oxygen atoms in total. The van der Waals surface area contributed by atoms with Crippen molar-refractivity contribution in [1.29, 1.82) is 0 Å². The summed E-state index contributed by atoms with van der Waals surface area (Å²) in [5, 5.41) is 0. The largest absolute Gasteiger partial charge is 0.321 e. The van der Waals surface area contributed by atoms with E-state index in [0.29, 0.717) is 3.92 Å². The van der Waals surface area contributed by atoms with E-state index in [1.54, 1.807) is 0 Å². The van der Waals surface area contributed by atoms with Crippen LogP contribution < -0.4 is 5.73 Å². The Balaban J connectivity index is 2.34. The summed E-state index contributed by atoms with van der Waals surface area (Å²) in [5.74, 6) is 0. The number of hydrogen-bond donors (Lipinski definition) is 1. The summed E-state index contributed by atoms with van der Waals surface area (Å²) in [6.45, 7) is 0. The molecule has 2 rings (SSSR count). The molecule has 0 amide bonds. The molecule has 1 fully saturated rings. The molecule has 1 saturated carbocycles. The highest BCUT2D eigenvalue weighted by Gasteiger charge is 2.38. The first-order chi connectivity index (χ1) is 6.23. The van der Waals surface area contributed by atoms with Crippen LogP contribution in [0.25, 0.3) is 0 Å². The SMILES string of the molecule is NC1(c2ccccc2)CCCC1I. The van der Waals surface area contributed by atoms with Gasteiger partial charge in [-0.05, 0) is 18.4 Å². The maximum Gasteiger partial charge on any atom is 0.0528 e. The van der Waals surface area contributed by atoms with E-state index in [-0.39, 0.29) is 5.54 Å². The molecule has 2 unspecified atom stereocenters. The quantitative estimate of drug-likeness (QED) is 0.624. The summed E-state index contributed by atoms with van der Waals surface area (Å²) in [6, 6.07) is 10.5. The van der Waals surface area contributed by atoms with Gasteiger partial charge in [-0.25, -0.2) is 0 Å². The number of halogens is 1. The topological polar surface area (TPSA) is 26.0 Å².